The minimum absolute atomic E-state index is 0.220. The van der Waals surface area contributed by atoms with Gasteiger partial charge in [-0.1, -0.05) is 34.9 Å². The minimum Gasteiger partial charge on any atom is -0.337 e. The minimum atomic E-state index is -0.220. The van der Waals surface area contributed by atoms with Crippen LogP contribution in [0.25, 0.3) is 11.4 Å². The molecule has 96 valence electrons. The Morgan fingerprint density at radius 2 is 2.06 bits per heavy atom. The first-order chi connectivity index (χ1) is 8.49. The largest absolute Gasteiger partial charge is 0.337 e. The fraction of sp³-hybridized carbons (Fsp3) is 0.385. The molecule has 4 nitrogen and oxygen atoms in total. The Kier molecular flexibility index (Phi) is 3.82. The van der Waals surface area contributed by atoms with E-state index in [1.807, 2.05) is 39.0 Å². The molecule has 0 aliphatic rings. The molecule has 2 aromatic rings. The highest BCUT2D eigenvalue weighted by Crippen LogP contribution is 2.25. The number of hydrogen-bond donors (Lipinski definition) is 1. The van der Waals surface area contributed by atoms with E-state index < -0.39 is 0 Å². The highest BCUT2D eigenvalue weighted by molar-refractivity contribution is 9.10. The first kappa shape index (κ1) is 13.2. The third kappa shape index (κ3) is 2.62. The van der Waals surface area contributed by atoms with E-state index in [0.29, 0.717) is 11.7 Å². The van der Waals surface area contributed by atoms with Gasteiger partial charge in [0, 0.05) is 10.0 Å². The summed E-state index contributed by atoms with van der Waals surface area (Å²) in [6, 6.07) is 5.73. The molecule has 0 bridgehead atoms. The quantitative estimate of drug-likeness (QED) is 0.943. The monoisotopic (exact) mass is 309 g/mol. The van der Waals surface area contributed by atoms with Crippen LogP contribution >= 0.6 is 15.9 Å². The van der Waals surface area contributed by atoms with Crippen LogP contribution in [0.5, 0.6) is 0 Å². The summed E-state index contributed by atoms with van der Waals surface area (Å²) in [4.78, 5) is 4.37. The lowest BCUT2D eigenvalue weighted by Gasteiger charge is -2.09. The van der Waals surface area contributed by atoms with E-state index in [2.05, 4.69) is 26.1 Å². The van der Waals surface area contributed by atoms with Crippen LogP contribution in [0, 0.1) is 12.8 Å². The fourth-order valence-electron chi connectivity index (χ4n) is 1.64. The molecule has 1 aromatic carbocycles. The summed E-state index contributed by atoms with van der Waals surface area (Å²) in [5, 5.41) is 4.00. The number of rotatable bonds is 3. The zero-order valence-corrected chi connectivity index (χ0v) is 12.2. The molecule has 2 rings (SSSR count). The number of benzene rings is 1. The standard InChI is InChI=1S/C13H16BrN3O/c1-7(2)11(15)13-16-12(17-18-13)10-5-4-9(14)6-8(10)3/h4-7,11H,15H2,1-3H3/t11-/m0/s1. The smallest absolute Gasteiger partial charge is 0.244 e. The molecule has 0 saturated heterocycles. The molecule has 0 fully saturated rings. The Morgan fingerprint density at radius 1 is 1.33 bits per heavy atom. The Labute approximate surface area is 115 Å². The molecule has 5 heteroatoms. The highest BCUT2D eigenvalue weighted by atomic mass is 79.9. The average Bonchev–Trinajstić information content (AvgIpc) is 2.77. The fourth-order valence-corrected chi connectivity index (χ4v) is 2.12. The lowest BCUT2D eigenvalue weighted by Crippen LogP contribution is -2.16. The van der Waals surface area contributed by atoms with Crippen LogP contribution < -0.4 is 5.73 Å². The first-order valence-electron chi connectivity index (χ1n) is 5.84. The van der Waals surface area contributed by atoms with Crippen molar-refractivity contribution in [2.45, 2.75) is 26.8 Å². The third-order valence-electron chi connectivity index (χ3n) is 2.87. The van der Waals surface area contributed by atoms with Gasteiger partial charge in [-0.05, 0) is 36.6 Å². The van der Waals surface area contributed by atoms with Crippen LogP contribution in [-0.4, -0.2) is 10.1 Å². The molecular formula is C13H16BrN3O. The normalized spacial score (nSPS) is 13.0. The van der Waals surface area contributed by atoms with Gasteiger partial charge in [-0.15, -0.1) is 0 Å². The van der Waals surface area contributed by atoms with E-state index in [-0.39, 0.29) is 12.0 Å². The summed E-state index contributed by atoms with van der Waals surface area (Å²) in [5.41, 5.74) is 8.04. The van der Waals surface area contributed by atoms with Crippen molar-refractivity contribution in [1.29, 1.82) is 0 Å². The van der Waals surface area contributed by atoms with Gasteiger partial charge in [0.15, 0.2) is 0 Å². The highest BCUT2D eigenvalue weighted by Gasteiger charge is 2.19. The Bertz CT molecular complexity index is 551. The van der Waals surface area contributed by atoms with Crippen molar-refractivity contribution >= 4 is 15.9 Å². The van der Waals surface area contributed by atoms with Crippen molar-refractivity contribution in [3.05, 3.63) is 34.1 Å². The van der Waals surface area contributed by atoms with E-state index in [1.165, 1.54) is 0 Å². The van der Waals surface area contributed by atoms with Crippen molar-refractivity contribution < 1.29 is 4.52 Å². The third-order valence-corrected chi connectivity index (χ3v) is 3.37. The van der Waals surface area contributed by atoms with Crippen molar-refractivity contribution in [2.24, 2.45) is 11.7 Å². The second-order valence-corrected chi connectivity index (χ2v) is 5.60. The maximum atomic E-state index is 5.99. The van der Waals surface area contributed by atoms with Crippen molar-refractivity contribution in [3.63, 3.8) is 0 Å². The van der Waals surface area contributed by atoms with E-state index in [0.717, 1.165) is 15.6 Å². The molecule has 0 aliphatic carbocycles. The Hall–Kier alpha value is -1.20. The SMILES string of the molecule is Cc1cc(Br)ccc1-c1noc([C@@H](N)C(C)C)n1. The molecule has 2 N–H and O–H groups in total. The van der Waals surface area contributed by atoms with Crippen molar-refractivity contribution in [3.8, 4) is 11.4 Å². The van der Waals surface area contributed by atoms with Gasteiger partial charge >= 0.3 is 0 Å². The van der Waals surface area contributed by atoms with E-state index in [1.54, 1.807) is 0 Å². The number of aromatic nitrogens is 2. The van der Waals surface area contributed by atoms with Crippen LogP contribution in [0.3, 0.4) is 0 Å². The summed E-state index contributed by atoms with van der Waals surface area (Å²) in [6.45, 7) is 6.07. The molecule has 18 heavy (non-hydrogen) atoms. The molecule has 0 spiro atoms. The van der Waals surface area contributed by atoms with Gasteiger partial charge in [0.2, 0.25) is 11.7 Å². The predicted octanol–water partition coefficient (Wildman–Crippen LogP) is 3.46. The number of aryl methyl sites for hydroxylation is 1. The van der Waals surface area contributed by atoms with Crippen molar-refractivity contribution in [2.75, 3.05) is 0 Å². The van der Waals surface area contributed by atoms with Crippen LogP contribution in [0.2, 0.25) is 0 Å². The molecule has 1 aromatic heterocycles. The zero-order valence-electron chi connectivity index (χ0n) is 10.6. The van der Waals surface area contributed by atoms with Crippen LogP contribution in [-0.2, 0) is 0 Å². The lowest BCUT2D eigenvalue weighted by atomic mass is 10.1. The van der Waals surface area contributed by atoms with Gasteiger partial charge in [0.1, 0.15) is 0 Å². The second kappa shape index (κ2) is 5.20. The van der Waals surface area contributed by atoms with E-state index in [4.69, 9.17) is 10.3 Å². The van der Waals surface area contributed by atoms with Gasteiger partial charge in [0.25, 0.3) is 0 Å². The van der Waals surface area contributed by atoms with Gasteiger partial charge in [-0.3, -0.25) is 0 Å². The van der Waals surface area contributed by atoms with Crippen LogP contribution in [0.15, 0.2) is 27.2 Å². The molecule has 0 radical (unpaired) electrons. The number of nitrogens with two attached hydrogens (primary N) is 1. The zero-order chi connectivity index (χ0) is 13.3. The van der Waals surface area contributed by atoms with E-state index in [9.17, 15) is 0 Å². The summed E-state index contributed by atoms with van der Waals surface area (Å²) >= 11 is 3.43. The molecule has 1 atom stereocenters. The van der Waals surface area contributed by atoms with Gasteiger partial charge in [-0.25, -0.2) is 0 Å². The maximum Gasteiger partial charge on any atom is 0.244 e. The molecule has 0 amide bonds. The van der Waals surface area contributed by atoms with Gasteiger partial charge in [0.05, 0.1) is 6.04 Å². The average molecular weight is 310 g/mol. The first-order valence-corrected chi connectivity index (χ1v) is 6.64. The summed E-state index contributed by atoms with van der Waals surface area (Å²) < 4.78 is 6.26. The summed E-state index contributed by atoms with van der Waals surface area (Å²) in [5.74, 6) is 1.35. The number of nitrogens with zero attached hydrogens (tertiary/aromatic N) is 2. The second-order valence-electron chi connectivity index (χ2n) is 4.69. The number of halogens is 1. The van der Waals surface area contributed by atoms with Gasteiger partial charge < -0.3 is 10.3 Å². The molecule has 1 heterocycles. The summed E-state index contributed by atoms with van der Waals surface area (Å²) in [7, 11) is 0. The van der Waals surface area contributed by atoms with E-state index >= 15 is 0 Å². The topological polar surface area (TPSA) is 64.9 Å². The lowest BCUT2D eigenvalue weighted by molar-refractivity contribution is 0.325. The number of hydrogen-bond acceptors (Lipinski definition) is 4. The van der Waals surface area contributed by atoms with Gasteiger partial charge in [-0.2, -0.15) is 4.98 Å². The predicted molar refractivity (Wildman–Crippen MR) is 73.9 cm³/mol. The molecule has 0 saturated carbocycles. The molecule has 0 aliphatic heterocycles. The van der Waals surface area contributed by atoms with Crippen molar-refractivity contribution in [1.82, 2.24) is 10.1 Å². The van der Waals surface area contributed by atoms with Crippen LogP contribution in [0.1, 0.15) is 31.3 Å². The maximum absolute atomic E-state index is 5.99. The Morgan fingerprint density at radius 3 is 2.67 bits per heavy atom. The summed E-state index contributed by atoms with van der Waals surface area (Å²) in [6.07, 6.45) is 0. The van der Waals surface area contributed by atoms with Crippen LogP contribution in [0.4, 0.5) is 0 Å². The Balaban J connectivity index is 2.35. The molecule has 0 unspecified atom stereocenters. The molecular weight excluding hydrogens is 294 g/mol.